The van der Waals surface area contributed by atoms with Crippen LogP contribution in [0.15, 0.2) is 12.1 Å². The molecule has 1 aromatic carbocycles. The molecule has 4 aliphatic rings. The Morgan fingerprint density at radius 2 is 1.80 bits per heavy atom. The average molecular weight is 552 g/mol. The minimum Gasteiger partial charge on any atom is -0.496 e. The van der Waals surface area contributed by atoms with Crippen LogP contribution in [0.1, 0.15) is 93.5 Å². The van der Waals surface area contributed by atoms with Gasteiger partial charge in [-0.05, 0) is 88.5 Å². The molecule has 4 saturated carbocycles. The van der Waals surface area contributed by atoms with Crippen LogP contribution in [0.4, 0.5) is 0 Å². The Balaban J connectivity index is 1.28. The molecule has 4 fully saturated rings. The van der Waals surface area contributed by atoms with Gasteiger partial charge in [0.05, 0.1) is 35.7 Å². The van der Waals surface area contributed by atoms with Crippen LogP contribution in [0.5, 0.6) is 11.5 Å². The van der Waals surface area contributed by atoms with Gasteiger partial charge < -0.3 is 25.2 Å². The minimum atomic E-state index is -0.807. The highest BCUT2D eigenvalue weighted by molar-refractivity contribution is 5.98. The lowest BCUT2D eigenvalue weighted by molar-refractivity contribution is -0.150. The third-order valence-corrected chi connectivity index (χ3v) is 9.82. The predicted molar refractivity (Wildman–Crippen MR) is 147 cm³/mol. The Bertz CT molecular complexity index is 1180. The smallest absolute Gasteiger partial charge is 0.309 e. The van der Waals surface area contributed by atoms with Crippen LogP contribution in [0.2, 0.25) is 0 Å². The van der Waals surface area contributed by atoms with Crippen molar-refractivity contribution in [2.75, 3.05) is 13.7 Å². The molecular formula is C31H41N3O6. The van der Waals surface area contributed by atoms with Crippen LogP contribution in [0, 0.1) is 40.4 Å². The first kappa shape index (κ1) is 28.3. The normalized spacial score (nSPS) is 30.8. The second-order valence-electron chi connectivity index (χ2n) is 12.6. The summed E-state index contributed by atoms with van der Waals surface area (Å²) >= 11 is 0. The third kappa shape index (κ3) is 5.91. The number of nitrogens with zero attached hydrogens (tertiary/aromatic N) is 1. The summed E-state index contributed by atoms with van der Waals surface area (Å²) in [6.07, 6.45) is 9.54. The van der Waals surface area contributed by atoms with E-state index in [9.17, 15) is 24.8 Å². The summed E-state index contributed by atoms with van der Waals surface area (Å²) in [5.41, 5.74) is -0.263. The Morgan fingerprint density at radius 3 is 2.45 bits per heavy atom. The van der Waals surface area contributed by atoms with Crippen molar-refractivity contribution in [1.82, 2.24) is 10.6 Å². The van der Waals surface area contributed by atoms with E-state index in [1.807, 2.05) is 0 Å². The van der Waals surface area contributed by atoms with E-state index in [1.54, 1.807) is 13.0 Å². The summed E-state index contributed by atoms with van der Waals surface area (Å²) in [7, 11) is 1.46. The van der Waals surface area contributed by atoms with Crippen LogP contribution in [0.25, 0.3) is 0 Å². The van der Waals surface area contributed by atoms with E-state index in [-0.39, 0.29) is 64.3 Å². The molecule has 0 radical (unpaired) electrons. The van der Waals surface area contributed by atoms with Crippen LogP contribution < -0.4 is 20.1 Å². The van der Waals surface area contributed by atoms with Crippen molar-refractivity contribution in [3.8, 4) is 17.6 Å². The van der Waals surface area contributed by atoms with Gasteiger partial charge in [0.2, 0.25) is 5.91 Å². The Morgan fingerprint density at radius 1 is 1.07 bits per heavy atom. The molecule has 0 aromatic heterocycles. The number of nitrogens with one attached hydrogen (secondary N) is 2. The number of hydrogen-bond acceptors (Lipinski definition) is 6. The maximum Gasteiger partial charge on any atom is 0.309 e. The highest BCUT2D eigenvalue weighted by Crippen LogP contribution is 2.49. The van der Waals surface area contributed by atoms with Crippen LogP contribution >= 0.6 is 0 Å². The number of carboxylic acid groups (broad SMARTS) is 1. The van der Waals surface area contributed by atoms with Crippen molar-refractivity contribution < 1.29 is 29.0 Å². The maximum absolute atomic E-state index is 13.6. The monoisotopic (exact) mass is 551 g/mol. The van der Waals surface area contributed by atoms with Gasteiger partial charge in [-0.2, -0.15) is 5.26 Å². The van der Waals surface area contributed by atoms with Gasteiger partial charge in [0.15, 0.2) is 0 Å². The number of hydrogen-bond donors (Lipinski definition) is 3. The fourth-order valence-electron chi connectivity index (χ4n) is 7.06. The fraction of sp³-hybridized carbons (Fsp3) is 0.677. The van der Waals surface area contributed by atoms with Gasteiger partial charge in [-0.3, -0.25) is 14.4 Å². The number of carbonyl (C=O) groups excluding carboxylic acids is 2. The van der Waals surface area contributed by atoms with E-state index in [1.165, 1.54) is 32.4 Å². The number of carbonyl (C=O) groups is 3. The number of benzene rings is 1. The molecule has 4 atom stereocenters. The van der Waals surface area contributed by atoms with Crippen molar-refractivity contribution in [2.45, 2.75) is 89.7 Å². The van der Waals surface area contributed by atoms with Gasteiger partial charge in [-0.15, -0.1) is 0 Å². The number of methoxy groups -OCH3 is 1. The van der Waals surface area contributed by atoms with Crippen molar-refractivity contribution in [1.29, 1.82) is 5.26 Å². The molecule has 40 heavy (non-hydrogen) atoms. The minimum absolute atomic E-state index is 0.0368. The second-order valence-corrected chi connectivity index (χ2v) is 12.6. The van der Waals surface area contributed by atoms with Crippen molar-refractivity contribution in [3.63, 3.8) is 0 Å². The average Bonchev–Trinajstić information content (AvgIpc) is 3.56. The predicted octanol–water partition coefficient (Wildman–Crippen LogP) is 4.43. The molecule has 0 saturated heterocycles. The first-order valence-electron chi connectivity index (χ1n) is 14.8. The zero-order valence-corrected chi connectivity index (χ0v) is 23.5. The number of aliphatic carboxylic acids is 1. The first-order chi connectivity index (χ1) is 19.2. The zero-order valence-electron chi connectivity index (χ0n) is 23.5. The van der Waals surface area contributed by atoms with Crippen LogP contribution in [0.3, 0.4) is 0 Å². The van der Waals surface area contributed by atoms with Gasteiger partial charge in [0.1, 0.15) is 17.6 Å². The molecule has 2 amide bonds. The summed E-state index contributed by atoms with van der Waals surface area (Å²) in [6, 6.07) is 4.95. The van der Waals surface area contributed by atoms with E-state index in [0.717, 1.165) is 31.6 Å². The van der Waals surface area contributed by atoms with Crippen molar-refractivity contribution in [2.24, 2.45) is 29.1 Å². The first-order valence-corrected chi connectivity index (χ1v) is 14.8. The van der Waals surface area contributed by atoms with E-state index in [2.05, 4.69) is 16.7 Å². The van der Waals surface area contributed by atoms with Gasteiger partial charge in [0, 0.05) is 18.7 Å². The van der Waals surface area contributed by atoms with E-state index in [4.69, 9.17) is 9.47 Å². The summed E-state index contributed by atoms with van der Waals surface area (Å²) in [4.78, 5) is 38.5. The highest BCUT2D eigenvalue weighted by atomic mass is 16.5. The van der Waals surface area contributed by atoms with Crippen LogP contribution in [-0.4, -0.2) is 48.7 Å². The number of fused-ring (bicyclic) bond motifs is 2. The number of ether oxygens (including phenoxy) is 2. The standard InChI is InChI=1S/C31H41N3O6/c1-31(30(37)38)11-9-22(10-12-31)40-24-16-23(25(39-2)15-21(24)17-32)28(35)34-27-20-8-7-19(14-20)26(27)29(36)33-13-3-4-18-5-6-18/h15-16,18-20,22,26-27H,3-14H2,1-2H3,(H,33,36)(H,34,35)(H,37,38)/t19-,20+,22-,26+,27-,31+/m1/s1. The van der Waals surface area contributed by atoms with E-state index < -0.39 is 11.4 Å². The largest absolute Gasteiger partial charge is 0.496 e. The van der Waals surface area contributed by atoms with Gasteiger partial charge in [-0.1, -0.05) is 12.8 Å². The lowest BCUT2D eigenvalue weighted by Crippen LogP contribution is -2.50. The molecule has 0 heterocycles. The zero-order chi connectivity index (χ0) is 28.4. The molecule has 0 unspecified atom stereocenters. The topological polar surface area (TPSA) is 138 Å². The maximum atomic E-state index is 13.6. The fourth-order valence-corrected chi connectivity index (χ4v) is 7.06. The molecule has 9 heteroatoms. The number of nitriles is 1. The Hall–Kier alpha value is -3.28. The molecular weight excluding hydrogens is 510 g/mol. The van der Waals surface area contributed by atoms with E-state index in [0.29, 0.717) is 32.2 Å². The summed E-state index contributed by atoms with van der Waals surface area (Å²) in [6.45, 7) is 2.43. The molecule has 1 aromatic rings. The Labute approximate surface area is 236 Å². The lowest BCUT2D eigenvalue weighted by atomic mass is 9.75. The molecule has 0 aliphatic heterocycles. The molecule has 0 spiro atoms. The molecule has 216 valence electrons. The summed E-state index contributed by atoms with van der Waals surface area (Å²) in [5, 5.41) is 25.6. The molecule has 2 bridgehead atoms. The summed E-state index contributed by atoms with van der Waals surface area (Å²) in [5.74, 6) is 0.582. The highest BCUT2D eigenvalue weighted by Gasteiger charge is 2.51. The molecule has 4 aliphatic carbocycles. The number of rotatable bonds is 11. The lowest BCUT2D eigenvalue weighted by Gasteiger charge is -2.34. The third-order valence-electron chi connectivity index (χ3n) is 9.82. The van der Waals surface area contributed by atoms with Gasteiger partial charge in [-0.25, -0.2) is 0 Å². The van der Waals surface area contributed by atoms with E-state index >= 15 is 0 Å². The SMILES string of the molecule is COc1cc(C#N)c(O[C@H]2CC[C@@](C)(C(=O)O)CC2)cc1C(=O)N[C@@H]1[C@H]2CC[C@H](C2)[C@@H]1C(=O)NCCCC1CC1. The molecule has 3 N–H and O–H groups in total. The van der Waals surface area contributed by atoms with Crippen molar-refractivity contribution in [3.05, 3.63) is 23.3 Å². The number of amides is 2. The second kappa shape index (κ2) is 11.7. The molecule has 5 rings (SSSR count). The molecule has 9 nitrogen and oxygen atoms in total. The Kier molecular flexibility index (Phi) is 8.25. The van der Waals surface area contributed by atoms with Crippen molar-refractivity contribution >= 4 is 17.8 Å². The summed E-state index contributed by atoms with van der Waals surface area (Å²) < 4.78 is 11.7. The quantitative estimate of drug-likeness (QED) is 0.346. The number of carboxylic acids is 1. The van der Waals surface area contributed by atoms with Gasteiger partial charge >= 0.3 is 5.97 Å². The van der Waals surface area contributed by atoms with Crippen LogP contribution in [-0.2, 0) is 9.59 Å². The van der Waals surface area contributed by atoms with Gasteiger partial charge in [0.25, 0.3) is 5.91 Å².